The summed E-state index contributed by atoms with van der Waals surface area (Å²) >= 11 is 0. The fraction of sp³-hybridized carbons (Fsp3) is 0.647. The Hall–Kier alpha value is -0.940. The average Bonchev–Trinajstić information content (AvgIpc) is 2.53. The van der Waals surface area contributed by atoms with E-state index >= 15 is 0 Å². The Bertz CT molecular complexity index is 377. The lowest BCUT2D eigenvalue weighted by Gasteiger charge is -2.32. The highest BCUT2D eigenvalue weighted by Crippen LogP contribution is 2.15. The smallest absolute Gasteiger partial charge is 0.0449 e. The maximum absolute atomic E-state index is 9.23. The van der Waals surface area contributed by atoms with Crippen molar-refractivity contribution in [2.75, 3.05) is 52.9 Å². The standard InChI is InChI=1S/C17H29N3O/c1-19-11-13-20(14-12-19)10-5-9-18-17(8-15-21)16-6-3-2-4-7-16/h2-4,6-7,17-18,21H,5,8-15H2,1H3. The minimum atomic E-state index is 0.227. The van der Waals surface area contributed by atoms with Crippen molar-refractivity contribution < 1.29 is 5.11 Å². The second-order valence-electron chi connectivity index (χ2n) is 5.93. The van der Waals surface area contributed by atoms with Gasteiger partial charge in [0.15, 0.2) is 0 Å². The third-order valence-electron chi connectivity index (χ3n) is 4.26. The lowest BCUT2D eigenvalue weighted by Crippen LogP contribution is -2.45. The van der Waals surface area contributed by atoms with Gasteiger partial charge in [-0.3, -0.25) is 0 Å². The highest BCUT2D eigenvalue weighted by atomic mass is 16.3. The Balaban J connectivity index is 1.68. The predicted molar refractivity (Wildman–Crippen MR) is 87.4 cm³/mol. The number of likely N-dealkylation sites (N-methyl/N-ethyl adjacent to an activating group) is 1. The number of aliphatic hydroxyl groups excluding tert-OH is 1. The van der Waals surface area contributed by atoms with Crippen LogP contribution in [0.15, 0.2) is 30.3 Å². The molecule has 1 aromatic rings. The monoisotopic (exact) mass is 291 g/mol. The summed E-state index contributed by atoms with van der Waals surface area (Å²) in [6, 6.07) is 10.7. The van der Waals surface area contributed by atoms with Crippen molar-refractivity contribution in [2.45, 2.75) is 18.9 Å². The highest BCUT2D eigenvalue weighted by Gasteiger charge is 2.13. The Morgan fingerprint density at radius 3 is 2.52 bits per heavy atom. The summed E-state index contributed by atoms with van der Waals surface area (Å²) in [6.07, 6.45) is 1.94. The molecule has 0 aromatic heterocycles. The topological polar surface area (TPSA) is 38.7 Å². The van der Waals surface area contributed by atoms with Crippen LogP contribution in [-0.2, 0) is 0 Å². The number of aliphatic hydroxyl groups is 1. The first-order valence-corrected chi connectivity index (χ1v) is 8.09. The highest BCUT2D eigenvalue weighted by molar-refractivity contribution is 5.18. The zero-order chi connectivity index (χ0) is 14.9. The van der Waals surface area contributed by atoms with Crippen molar-refractivity contribution in [3.63, 3.8) is 0 Å². The summed E-state index contributed by atoms with van der Waals surface area (Å²) in [5, 5.41) is 12.8. The van der Waals surface area contributed by atoms with Crippen LogP contribution >= 0.6 is 0 Å². The number of nitrogens with one attached hydrogen (secondary N) is 1. The van der Waals surface area contributed by atoms with Gasteiger partial charge in [0.1, 0.15) is 0 Å². The second-order valence-corrected chi connectivity index (χ2v) is 5.93. The molecular formula is C17H29N3O. The van der Waals surface area contributed by atoms with E-state index in [1.165, 1.54) is 44.7 Å². The van der Waals surface area contributed by atoms with Gasteiger partial charge in [0, 0.05) is 38.8 Å². The van der Waals surface area contributed by atoms with Gasteiger partial charge in [-0.2, -0.15) is 0 Å². The molecule has 1 aromatic carbocycles. The van der Waals surface area contributed by atoms with Crippen molar-refractivity contribution >= 4 is 0 Å². The first-order valence-electron chi connectivity index (χ1n) is 8.09. The van der Waals surface area contributed by atoms with E-state index in [0.717, 1.165) is 13.0 Å². The van der Waals surface area contributed by atoms with Crippen LogP contribution in [0.5, 0.6) is 0 Å². The number of piperazine rings is 1. The molecule has 0 bridgehead atoms. The summed E-state index contributed by atoms with van der Waals surface area (Å²) in [6.45, 7) is 7.15. The summed E-state index contributed by atoms with van der Waals surface area (Å²) in [7, 11) is 2.19. The molecule has 1 atom stereocenters. The fourth-order valence-corrected chi connectivity index (χ4v) is 2.85. The average molecular weight is 291 g/mol. The SMILES string of the molecule is CN1CCN(CCCNC(CCO)c2ccccc2)CC1. The van der Waals surface area contributed by atoms with E-state index in [0.29, 0.717) is 0 Å². The van der Waals surface area contributed by atoms with Crippen LogP contribution in [0.25, 0.3) is 0 Å². The first-order chi connectivity index (χ1) is 10.3. The zero-order valence-corrected chi connectivity index (χ0v) is 13.2. The van der Waals surface area contributed by atoms with E-state index in [9.17, 15) is 5.11 Å². The summed E-state index contributed by atoms with van der Waals surface area (Å²) in [5.41, 5.74) is 1.27. The molecule has 21 heavy (non-hydrogen) atoms. The maximum atomic E-state index is 9.23. The van der Waals surface area contributed by atoms with Gasteiger partial charge in [0.25, 0.3) is 0 Å². The van der Waals surface area contributed by atoms with E-state index in [4.69, 9.17) is 0 Å². The molecule has 0 radical (unpaired) electrons. The van der Waals surface area contributed by atoms with Crippen LogP contribution in [-0.4, -0.2) is 67.8 Å². The molecule has 0 spiro atoms. The van der Waals surface area contributed by atoms with E-state index in [1.54, 1.807) is 0 Å². The molecule has 4 heteroatoms. The van der Waals surface area contributed by atoms with E-state index in [2.05, 4.69) is 46.4 Å². The van der Waals surface area contributed by atoms with Crippen LogP contribution in [0, 0.1) is 0 Å². The van der Waals surface area contributed by atoms with Gasteiger partial charge < -0.3 is 20.2 Å². The van der Waals surface area contributed by atoms with Gasteiger partial charge in [-0.1, -0.05) is 30.3 Å². The zero-order valence-electron chi connectivity index (χ0n) is 13.2. The molecule has 0 saturated carbocycles. The molecule has 118 valence electrons. The van der Waals surface area contributed by atoms with Crippen molar-refractivity contribution in [1.82, 2.24) is 15.1 Å². The summed E-state index contributed by atoms with van der Waals surface area (Å²) < 4.78 is 0. The van der Waals surface area contributed by atoms with Gasteiger partial charge in [0.2, 0.25) is 0 Å². The molecule has 4 nitrogen and oxygen atoms in total. The minimum Gasteiger partial charge on any atom is -0.396 e. The van der Waals surface area contributed by atoms with Crippen molar-refractivity contribution in [3.05, 3.63) is 35.9 Å². The number of rotatable bonds is 8. The fourth-order valence-electron chi connectivity index (χ4n) is 2.85. The molecule has 1 aliphatic heterocycles. The lowest BCUT2D eigenvalue weighted by molar-refractivity contribution is 0.152. The molecule has 1 fully saturated rings. The third-order valence-corrected chi connectivity index (χ3v) is 4.26. The van der Waals surface area contributed by atoms with Crippen molar-refractivity contribution in [1.29, 1.82) is 0 Å². The van der Waals surface area contributed by atoms with Crippen LogP contribution < -0.4 is 5.32 Å². The molecular weight excluding hydrogens is 262 g/mol. The molecule has 2 N–H and O–H groups in total. The molecule has 1 saturated heterocycles. The van der Waals surface area contributed by atoms with Crippen molar-refractivity contribution in [2.24, 2.45) is 0 Å². The normalized spacial score (nSPS) is 18.8. The molecule has 0 amide bonds. The minimum absolute atomic E-state index is 0.227. The quantitative estimate of drug-likeness (QED) is 0.709. The Labute approximate surface area is 128 Å². The second kappa shape index (κ2) is 9.15. The summed E-state index contributed by atoms with van der Waals surface area (Å²) in [4.78, 5) is 4.94. The summed E-state index contributed by atoms with van der Waals surface area (Å²) in [5.74, 6) is 0. The number of hydrogen-bond donors (Lipinski definition) is 2. The van der Waals surface area contributed by atoms with Crippen LogP contribution in [0.3, 0.4) is 0 Å². The van der Waals surface area contributed by atoms with Crippen LogP contribution in [0.1, 0.15) is 24.4 Å². The Morgan fingerprint density at radius 1 is 1.14 bits per heavy atom. The predicted octanol–water partition coefficient (Wildman–Crippen LogP) is 1.34. The van der Waals surface area contributed by atoms with Gasteiger partial charge in [-0.15, -0.1) is 0 Å². The van der Waals surface area contributed by atoms with E-state index in [1.807, 2.05) is 6.07 Å². The molecule has 1 heterocycles. The van der Waals surface area contributed by atoms with Crippen LogP contribution in [0.4, 0.5) is 0 Å². The number of nitrogens with zero attached hydrogens (tertiary/aromatic N) is 2. The maximum Gasteiger partial charge on any atom is 0.0449 e. The third kappa shape index (κ3) is 5.75. The largest absolute Gasteiger partial charge is 0.396 e. The molecule has 0 aliphatic carbocycles. The molecule has 1 unspecified atom stereocenters. The van der Waals surface area contributed by atoms with Gasteiger partial charge in [0.05, 0.1) is 0 Å². The number of benzene rings is 1. The Kier molecular flexibility index (Phi) is 7.16. The number of hydrogen-bond acceptors (Lipinski definition) is 4. The van der Waals surface area contributed by atoms with Gasteiger partial charge in [-0.05, 0) is 38.5 Å². The Morgan fingerprint density at radius 2 is 1.86 bits per heavy atom. The molecule has 2 rings (SSSR count). The van der Waals surface area contributed by atoms with Gasteiger partial charge >= 0.3 is 0 Å². The van der Waals surface area contributed by atoms with Crippen LogP contribution in [0.2, 0.25) is 0 Å². The van der Waals surface area contributed by atoms with E-state index in [-0.39, 0.29) is 12.6 Å². The lowest BCUT2D eigenvalue weighted by atomic mass is 10.0. The van der Waals surface area contributed by atoms with Gasteiger partial charge in [-0.25, -0.2) is 0 Å². The van der Waals surface area contributed by atoms with E-state index < -0.39 is 0 Å². The molecule has 1 aliphatic rings. The first kappa shape index (κ1) is 16.4. The van der Waals surface area contributed by atoms with Crippen molar-refractivity contribution in [3.8, 4) is 0 Å².